The summed E-state index contributed by atoms with van der Waals surface area (Å²) in [5.41, 5.74) is 0. The molecule has 0 heterocycles. The first-order valence-electron chi connectivity index (χ1n) is 3.63. The topological polar surface area (TPSA) is 0 Å². The van der Waals surface area contributed by atoms with Gasteiger partial charge in [0.2, 0.25) is 0 Å². The molecule has 55 valence electrons. The quantitative estimate of drug-likeness (QED) is 0.607. The summed E-state index contributed by atoms with van der Waals surface area (Å²) >= 11 is 1.59. The summed E-state index contributed by atoms with van der Waals surface area (Å²) in [4.78, 5) is 0. The molecule has 0 radical (unpaired) electrons. The van der Waals surface area contributed by atoms with Crippen molar-refractivity contribution in [3.05, 3.63) is 20.6 Å². The average molecular weight is 230 g/mol. The minimum absolute atomic E-state index is 0. The van der Waals surface area contributed by atoms with Crippen molar-refractivity contribution in [3.63, 3.8) is 0 Å². The molecule has 0 aromatic heterocycles. The van der Waals surface area contributed by atoms with Gasteiger partial charge in [0.15, 0.2) is 0 Å². The molecular formula is C8H14SiZr-. The molecule has 0 N–H and O–H groups in total. The molecule has 0 saturated carbocycles. The molecule has 0 fully saturated rings. The second kappa shape index (κ2) is 2.91. The van der Waals surface area contributed by atoms with Crippen molar-refractivity contribution in [2.24, 2.45) is 0 Å². The van der Waals surface area contributed by atoms with Crippen molar-refractivity contribution in [1.82, 2.24) is 0 Å². The van der Waals surface area contributed by atoms with Crippen LogP contribution >= 0.6 is 0 Å². The van der Waals surface area contributed by atoms with Gasteiger partial charge in [-0.25, -0.2) is 0 Å². The van der Waals surface area contributed by atoms with Gasteiger partial charge in [0.05, 0.1) is 0 Å². The zero-order valence-electron chi connectivity index (χ0n) is 7.86. The predicted octanol–water partition coefficient (Wildman–Crippen LogP) is 2.74. The van der Waals surface area contributed by atoms with Crippen LogP contribution in [0.4, 0.5) is 0 Å². The zero-order chi connectivity index (χ0) is 7.78. The summed E-state index contributed by atoms with van der Waals surface area (Å²) in [6.07, 6.45) is 6.05. The fourth-order valence-electron chi connectivity index (χ4n) is 1.05. The molecule has 10 heavy (non-hydrogen) atoms. The largest absolute Gasteiger partial charge is 1.00 e. The van der Waals surface area contributed by atoms with E-state index in [1.807, 2.05) is 0 Å². The van der Waals surface area contributed by atoms with Gasteiger partial charge in [-0.15, -0.1) is 0 Å². The number of allylic oxidation sites excluding steroid dienone is 4. The molecule has 0 amide bonds. The van der Waals surface area contributed by atoms with E-state index in [4.69, 9.17) is 0 Å². The molecule has 1 rings (SSSR count). The van der Waals surface area contributed by atoms with Crippen molar-refractivity contribution in [1.29, 1.82) is 0 Å². The maximum Gasteiger partial charge on any atom is -1.00 e. The standard InChI is InChI=1S/C8H13Si.Zr.H/c1-9(2,3)8-6-4-5-7-8;;/h6-7H,4H2,1-3H3;;/q;;-1. The predicted molar refractivity (Wildman–Crippen MR) is 45.2 cm³/mol. The van der Waals surface area contributed by atoms with E-state index in [0.717, 1.165) is 0 Å². The van der Waals surface area contributed by atoms with E-state index >= 15 is 0 Å². The molecule has 0 atom stereocenters. The molecule has 0 unspecified atom stereocenters. The Bertz CT molecular complexity index is 201. The van der Waals surface area contributed by atoms with Crippen molar-refractivity contribution in [3.8, 4) is 0 Å². The monoisotopic (exact) mass is 228 g/mol. The van der Waals surface area contributed by atoms with E-state index in [-0.39, 0.29) is 1.43 Å². The van der Waals surface area contributed by atoms with Crippen LogP contribution in [0.25, 0.3) is 0 Å². The number of hydrogen-bond acceptors (Lipinski definition) is 0. The van der Waals surface area contributed by atoms with E-state index < -0.39 is 8.07 Å². The second-order valence-corrected chi connectivity index (χ2v) is 10.4. The third kappa shape index (κ3) is 2.03. The Labute approximate surface area is 80.7 Å². The van der Waals surface area contributed by atoms with Gasteiger partial charge in [0, 0.05) is 0 Å². The first kappa shape index (κ1) is 8.67. The Hall–Kier alpha value is 0.580. The van der Waals surface area contributed by atoms with Crippen LogP contribution in [0.1, 0.15) is 7.85 Å². The maximum atomic E-state index is 2.41. The SMILES string of the molecule is C[Si](C)(C)C1=CC[C]([Zr])=C1.[H-]. The van der Waals surface area contributed by atoms with Crippen LogP contribution in [0, 0.1) is 0 Å². The van der Waals surface area contributed by atoms with Crippen LogP contribution in [0.2, 0.25) is 19.6 Å². The van der Waals surface area contributed by atoms with Gasteiger partial charge in [-0.2, -0.15) is 0 Å². The van der Waals surface area contributed by atoms with Crippen LogP contribution in [0.3, 0.4) is 0 Å². The summed E-state index contributed by atoms with van der Waals surface area (Å²) < 4.78 is 1.62. The van der Waals surface area contributed by atoms with E-state index in [2.05, 4.69) is 31.8 Å². The Morgan fingerprint density at radius 3 is 2.30 bits per heavy atom. The molecule has 0 aliphatic heterocycles. The van der Waals surface area contributed by atoms with Crippen LogP contribution in [-0.2, 0) is 24.7 Å². The van der Waals surface area contributed by atoms with Gasteiger partial charge in [0.25, 0.3) is 0 Å². The summed E-state index contributed by atoms with van der Waals surface area (Å²) in [7, 11) is -0.967. The van der Waals surface area contributed by atoms with Gasteiger partial charge < -0.3 is 1.43 Å². The second-order valence-electron chi connectivity index (χ2n) is 3.78. The molecule has 0 nitrogen and oxygen atoms in total. The molecule has 2 heteroatoms. The molecule has 0 bridgehead atoms. The van der Waals surface area contributed by atoms with Gasteiger partial charge in [0.1, 0.15) is 0 Å². The summed E-state index contributed by atoms with van der Waals surface area (Å²) in [5.74, 6) is 0. The fraction of sp³-hybridized carbons (Fsp3) is 0.500. The third-order valence-corrected chi connectivity index (χ3v) is 4.67. The summed E-state index contributed by atoms with van der Waals surface area (Å²) in [5, 5.41) is 1.65. The smallest absolute Gasteiger partial charge is 1.00 e. The zero-order valence-corrected chi connectivity index (χ0v) is 10.3. The Morgan fingerprint density at radius 2 is 2.10 bits per heavy atom. The van der Waals surface area contributed by atoms with Gasteiger partial charge >= 0.3 is 79.5 Å². The minimum atomic E-state index is -0.967. The summed E-state index contributed by atoms with van der Waals surface area (Å²) in [6, 6.07) is 0. The first-order chi connectivity index (χ1) is 4.50. The molecule has 0 aromatic rings. The van der Waals surface area contributed by atoms with Crippen molar-refractivity contribution in [2.75, 3.05) is 0 Å². The normalized spacial score (nSPS) is 18.6. The van der Waals surface area contributed by atoms with Gasteiger partial charge in [-0.05, 0) is 0 Å². The number of hydrogen-bond donors (Lipinski definition) is 0. The molecule has 0 aromatic carbocycles. The van der Waals surface area contributed by atoms with Gasteiger partial charge in [-0.3, -0.25) is 0 Å². The average Bonchev–Trinajstić information content (AvgIpc) is 2.11. The van der Waals surface area contributed by atoms with Crippen LogP contribution in [0.5, 0.6) is 0 Å². The van der Waals surface area contributed by atoms with Crippen molar-refractivity contribution in [2.45, 2.75) is 26.1 Å². The minimum Gasteiger partial charge on any atom is -1.00 e. The summed E-state index contributed by atoms with van der Waals surface area (Å²) in [6.45, 7) is 7.22. The molecule has 1 aliphatic carbocycles. The van der Waals surface area contributed by atoms with E-state index in [1.54, 1.807) is 33.2 Å². The molecule has 1 aliphatic rings. The van der Waals surface area contributed by atoms with E-state index in [9.17, 15) is 0 Å². The van der Waals surface area contributed by atoms with Crippen LogP contribution < -0.4 is 0 Å². The van der Waals surface area contributed by atoms with Crippen molar-refractivity contribution >= 4 is 8.07 Å². The third-order valence-electron chi connectivity index (χ3n) is 1.74. The Balaban J connectivity index is 0.000001000. The Morgan fingerprint density at radius 1 is 1.50 bits per heavy atom. The Kier molecular flexibility index (Phi) is 2.52. The molecule has 0 spiro atoms. The number of rotatable bonds is 1. The van der Waals surface area contributed by atoms with Crippen LogP contribution in [0.15, 0.2) is 20.6 Å². The van der Waals surface area contributed by atoms with Crippen LogP contribution in [-0.4, -0.2) is 8.07 Å². The molecule has 0 saturated heterocycles. The fourth-order valence-corrected chi connectivity index (χ4v) is 3.36. The molecular weight excluding hydrogens is 215 g/mol. The van der Waals surface area contributed by atoms with Gasteiger partial charge in [-0.1, -0.05) is 0 Å². The first-order valence-corrected chi connectivity index (χ1v) is 8.36. The van der Waals surface area contributed by atoms with E-state index in [0.29, 0.717) is 0 Å². The van der Waals surface area contributed by atoms with Crippen molar-refractivity contribution < 1.29 is 26.1 Å². The van der Waals surface area contributed by atoms with E-state index in [1.165, 1.54) is 6.42 Å². The maximum absolute atomic E-state index is 2.41.